The van der Waals surface area contributed by atoms with Crippen molar-refractivity contribution in [1.29, 1.82) is 0 Å². The van der Waals surface area contributed by atoms with Gasteiger partial charge in [-0.3, -0.25) is 43.2 Å². The number of carbonyl (C=O) groups excluding carboxylic acids is 9. The Hall–Kier alpha value is -4.95. The number of ketones is 2. The molecule has 17 fully saturated rings. The second-order valence-corrected chi connectivity index (χ2v) is 52.0. The number of fused-ring (bicyclic) bond motifs is 7. The van der Waals surface area contributed by atoms with E-state index in [-0.39, 0.29) is 182 Å². The van der Waals surface area contributed by atoms with Crippen molar-refractivity contribution in [1.82, 2.24) is 0 Å². The first-order valence-electron chi connectivity index (χ1n) is 56.8. The lowest BCUT2D eigenvalue weighted by Gasteiger charge is -2.57. The largest absolute Gasteiger partial charge is 0.466 e. The van der Waals surface area contributed by atoms with Crippen molar-refractivity contribution < 1.29 is 116 Å². The summed E-state index contributed by atoms with van der Waals surface area (Å²) in [6, 6.07) is 0. The predicted octanol–water partition coefficient (Wildman–Crippen LogP) is 21.9. The molecule has 142 heavy (non-hydrogen) atoms. The molecule has 2 heterocycles. The minimum absolute atomic E-state index is 0.00472. The Bertz CT molecular complexity index is 4230. The molecule has 4 N–H and O–H groups in total. The van der Waals surface area contributed by atoms with Crippen LogP contribution >= 0.6 is 0 Å². The van der Waals surface area contributed by atoms with Gasteiger partial charge in [0.2, 0.25) is 0 Å². The number of aliphatic hydroxyl groups is 4. The van der Waals surface area contributed by atoms with Gasteiger partial charge in [0.15, 0.2) is 11.6 Å². The van der Waals surface area contributed by atoms with Gasteiger partial charge in [-0.05, 0) is 303 Å². The molecule has 0 aromatic heterocycles. The van der Waals surface area contributed by atoms with E-state index in [4.69, 9.17) is 52.1 Å². The van der Waals surface area contributed by atoms with E-state index >= 15 is 0 Å². The number of Topliss-reactive ketones (excluding diaryl/α,β-unsaturated/α-hetero) is 2. The van der Waals surface area contributed by atoms with Gasteiger partial charge in [-0.2, -0.15) is 0 Å². The maximum absolute atomic E-state index is 12.6. The Morgan fingerprint density at radius 3 is 0.930 bits per heavy atom. The average Bonchev–Trinajstić information content (AvgIpc) is 1.50. The molecular weight excluding hydrogens is 1800 g/mol. The van der Waals surface area contributed by atoms with E-state index in [1.54, 1.807) is 13.8 Å². The third-order valence-corrected chi connectivity index (χ3v) is 44.4. The molecule has 2 saturated heterocycles. The zero-order valence-electron chi connectivity index (χ0n) is 91.7. The topological polar surface area (TPSA) is 336 Å². The summed E-state index contributed by atoms with van der Waals surface area (Å²) in [6.45, 7) is 51.4. The van der Waals surface area contributed by atoms with E-state index in [9.17, 15) is 63.6 Å². The maximum Gasteiger partial charge on any atom is 0.302 e. The summed E-state index contributed by atoms with van der Waals surface area (Å²) in [5, 5.41) is 41.2. The van der Waals surface area contributed by atoms with Crippen LogP contribution in [0.1, 0.15) is 402 Å². The molecule has 0 bridgehead atoms. The monoisotopic (exact) mass is 1990 g/mol. The summed E-state index contributed by atoms with van der Waals surface area (Å²) in [5.41, 5.74) is 0.790. The second kappa shape index (κ2) is 46.1. The second-order valence-electron chi connectivity index (χ2n) is 52.0. The smallest absolute Gasteiger partial charge is 0.302 e. The van der Waals surface area contributed by atoms with Gasteiger partial charge in [-0.25, -0.2) is 0 Å². The van der Waals surface area contributed by atoms with E-state index in [1.807, 2.05) is 6.92 Å². The zero-order valence-corrected chi connectivity index (χ0v) is 91.7. The fraction of sp³-hybridized carbons (Fsp3) is 0.907. The molecule has 10 unspecified atom stereocenters. The first kappa shape index (κ1) is 114. The Labute approximate surface area is 853 Å². The summed E-state index contributed by atoms with van der Waals surface area (Å²) < 4.78 is 64.7. The molecule has 15 saturated carbocycles. The van der Waals surface area contributed by atoms with Gasteiger partial charge in [0.1, 0.15) is 36.0 Å². The van der Waals surface area contributed by atoms with Crippen LogP contribution < -0.4 is 0 Å². The van der Waals surface area contributed by atoms with Crippen LogP contribution in [0.25, 0.3) is 0 Å². The lowest BCUT2D eigenvalue weighted by Crippen LogP contribution is -2.58. The van der Waals surface area contributed by atoms with Crippen LogP contribution in [0.5, 0.6) is 0 Å². The van der Waals surface area contributed by atoms with Crippen LogP contribution in [-0.4, -0.2) is 181 Å². The van der Waals surface area contributed by atoms with E-state index in [2.05, 4.69) is 96.6 Å². The molecule has 35 atom stereocenters. The van der Waals surface area contributed by atoms with Crippen molar-refractivity contribution in [2.24, 2.45) is 167 Å². The van der Waals surface area contributed by atoms with E-state index in [0.717, 1.165) is 192 Å². The minimum Gasteiger partial charge on any atom is -0.466 e. The standard InChI is InChI=1S/C26H42O6.C24H38O5.C23H36O6.C23H38O3.C22H38O4/c1-17-6-10-24(4,20(16-17)9-13-29-18(2)27)21-7-11-25(5)22(23(21)32-19(3)28)8-12-26(25)30-14-15-31-26;1-15-8-11-23(4,18(14-15)10-13-28-16(2)25)20-9-12-24(5)19(6-7-21(24)27)22(20)29-17(3)26;1-14(24)28-12-9-16-13-17(26)7-10-22(16,3)19-8-11-23(4)18(5-6-20(23)27)21(19)29-15(2)25;1-15-8-11-23(5,18(14-15)10-13-24)20-9-12-22(4)16(2)6-7-19(22)21(20)26-17(3)25;1-15-4-8-20(2,16(14-15)7-11-23)17-5-9-21(3)18(19(17)24)6-10-22(21)25-12-13-26-22/h17,20-23H,6-16H2,1-5H3;15,18-20,22H,6-14H2,1-5H3;16-19,21,26H,5-13H2,1-4H3;15,18-21,24H,2,6-14H2,1,3-5H3;15-19,23-24H,4-14H2,1-3H3/t17-,20-,21?,22?,23+,24-,25-;15-,18-,19?,20?,22-,23-,24-;16-,17-,18?,19?,21-,22-,23-;15-,18-,19?,20?,21-,22+,23-;15-,16-,17?,18?,19+,20-,21-/m00000/s1. The molecule has 0 aromatic rings. The number of esters is 7. The molecule has 24 heteroatoms. The van der Waals surface area contributed by atoms with E-state index in [1.165, 1.54) is 91.6 Å². The minimum atomic E-state index is -0.516. The first-order valence-corrected chi connectivity index (χ1v) is 56.8. The van der Waals surface area contributed by atoms with Gasteiger partial charge in [0.05, 0.1) is 58.5 Å². The zero-order chi connectivity index (χ0) is 104. The number of rotatable bonds is 22. The lowest BCUT2D eigenvalue weighted by molar-refractivity contribution is -0.252. The van der Waals surface area contributed by atoms with Crippen LogP contribution in [0.15, 0.2) is 12.2 Å². The number of hydrogen-bond acceptors (Lipinski definition) is 24. The van der Waals surface area contributed by atoms with Crippen LogP contribution in [0.2, 0.25) is 0 Å². The molecule has 0 amide bonds. The van der Waals surface area contributed by atoms with E-state index in [0.29, 0.717) is 143 Å². The van der Waals surface area contributed by atoms with E-state index < -0.39 is 17.0 Å². The van der Waals surface area contributed by atoms with Crippen molar-refractivity contribution in [3.8, 4) is 0 Å². The van der Waals surface area contributed by atoms with Crippen molar-refractivity contribution in [3.05, 3.63) is 12.2 Å². The molecule has 15 aliphatic carbocycles. The number of ether oxygens (including phenoxy) is 11. The number of aliphatic hydroxyl groups excluding tert-OH is 4. The Balaban J connectivity index is 0.000000149. The van der Waals surface area contributed by atoms with Gasteiger partial charge in [-0.1, -0.05) is 135 Å². The molecule has 17 aliphatic rings. The fourth-order valence-corrected chi connectivity index (χ4v) is 35.6. The van der Waals surface area contributed by atoms with Crippen LogP contribution in [0.4, 0.5) is 0 Å². The van der Waals surface area contributed by atoms with Gasteiger partial charge < -0.3 is 72.5 Å². The molecule has 0 aromatic carbocycles. The Morgan fingerprint density at radius 2 is 0.585 bits per heavy atom. The van der Waals surface area contributed by atoms with Crippen molar-refractivity contribution in [2.75, 3.05) is 59.5 Å². The quantitative estimate of drug-likeness (QED) is 0.0444. The predicted molar refractivity (Wildman–Crippen MR) is 541 cm³/mol. The molecule has 17 rings (SSSR count). The van der Waals surface area contributed by atoms with Gasteiger partial charge in [0.25, 0.3) is 0 Å². The van der Waals surface area contributed by atoms with Crippen molar-refractivity contribution in [2.45, 2.75) is 450 Å². The fourth-order valence-electron chi connectivity index (χ4n) is 35.6. The molecule has 808 valence electrons. The van der Waals surface area contributed by atoms with Gasteiger partial charge in [-0.15, -0.1) is 0 Å². The SMILES string of the molecule is C=C1CCC2[C@H](OC(C)=O)C([C@@]3(C)CC[C@H](C)C[C@@H]3CCO)CC[C@]12C.CC(=O)OCC[C@H]1C[C@@H](C)CC[C@]1(C)C1CC[C@@]2(C)C(CCC23OCCO3)[C@@H]1OC(C)=O.CC(=O)OCC[C@H]1C[C@@H](C)CC[C@]1(C)C1CC[C@]2(C)C(=O)CCC2[C@@H]1OC(C)=O.CC(=O)OCC[C@H]1C[C@@H](O)CC[C@]1(C)C1CC[C@]2(C)C(=O)CCC2[C@@H]1OC(C)=O.C[C@H]1CC[C@](C)(C2CC[C@@]3(C)C(CCC34OCCO4)[C@@H]2O)[C@@H](CCO)C1. The normalized spacial score (nSPS) is 44.7. The van der Waals surface area contributed by atoms with Gasteiger partial charge >= 0.3 is 41.8 Å². The third-order valence-electron chi connectivity index (χ3n) is 44.4. The number of carbonyl (C=O) groups is 9. The average molecular weight is 1990 g/mol. The molecule has 2 spiro atoms. The highest BCUT2D eigenvalue weighted by Gasteiger charge is 2.71. The maximum atomic E-state index is 12.6. The van der Waals surface area contributed by atoms with Gasteiger partial charge in [0, 0.05) is 156 Å². The summed E-state index contributed by atoms with van der Waals surface area (Å²) >= 11 is 0. The lowest BCUT2D eigenvalue weighted by atomic mass is 9.50. The summed E-state index contributed by atoms with van der Waals surface area (Å²) in [4.78, 5) is 107. The highest BCUT2D eigenvalue weighted by molar-refractivity contribution is 5.88. The molecular formula is C118H192O24. The number of allylic oxidation sites excluding steroid dienone is 1. The summed E-state index contributed by atoms with van der Waals surface area (Å²) in [6.07, 6.45) is 37.9. The molecule has 2 aliphatic heterocycles. The highest BCUT2D eigenvalue weighted by atomic mass is 16.7. The number of hydrogen-bond donors (Lipinski definition) is 4. The Morgan fingerprint density at radius 1 is 0.310 bits per heavy atom. The van der Waals surface area contributed by atoms with Crippen LogP contribution in [0, 0.1) is 167 Å². The summed E-state index contributed by atoms with van der Waals surface area (Å²) in [5.74, 6) is 5.50. The third kappa shape index (κ3) is 22.8. The summed E-state index contributed by atoms with van der Waals surface area (Å²) in [7, 11) is 0. The Kier molecular flexibility index (Phi) is 37.1. The highest BCUT2D eigenvalue weighted by Crippen LogP contribution is 2.71. The van der Waals surface area contributed by atoms with Crippen molar-refractivity contribution >= 4 is 53.4 Å². The molecule has 24 nitrogen and oxygen atoms in total. The van der Waals surface area contributed by atoms with Crippen molar-refractivity contribution in [3.63, 3.8) is 0 Å². The van der Waals surface area contributed by atoms with Crippen LogP contribution in [0.3, 0.4) is 0 Å². The van der Waals surface area contributed by atoms with Crippen LogP contribution in [-0.2, 0) is 95.3 Å². The first-order chi connectivity index (χ1) is 66.8. The molecule has 0 radical (unpaired) electrons.